The van der Waals surface area contributed by atoms with Crippen LogP contribution < -0.4 is 4.74 Å². The van der Waals surface area contributed by atoms with Gasteiger partial charge in [-0.15, -0.1) is 0 Å². The van der Waals surface area contributed by atoms with Crippen LogP contribution in [0.15, 0.2) is 46.9 Å². The molecular weight excluding hydrogens is 316 g/mol. The zero-order valence-corrected chi connectivity index (χ0v) is 13.4. The Balaban J connectivity index is 2.21. The van der Waals surface area contributed by atoms with Crippen LogP contribution >= 0.6 is 15.9 Å². The summed E-state index contributed by atoms with van der Waals surface area (Å²) < 4.78 is 6.53. The van der Waals surface area contributed by atoms with Gasteiger partial charge < -0.3 is 9.84 Å². The molecule has 0 heterocycles. The fourth-order valence-corrected chi connectivity index (χ4v) is 2.50. The number of aryl methyl sites for hydroxylation is 1. The summed E-state index contributed by atoms with van der Waals surface area (Å²) in [6.07, 6.45) is 0.00772. The average molecular weight is 335 g/mol. The zero-order valence-electron chi connectivity index (χ0n) is 11.8. The maximum absolute atomic E-state index is 10.5. The second kappa shape index (κ2) is 6.91. The minimum Gasteiger partial charge on any atom is -0.493 e. The molecule has 0 radical (unpaired) electrons. The molecule has 0 aliphatic carbocycles. The van der Waals surface area contributed by atoms with Gasteiger partial charge in [0.15, 0.2) is 0 Å². The van der Waals surface area contributed by atoms with E-state index in [4.69, 9.17) is 4.74 Å². The molecule has 2 aromatic carbocycles. The van der Waals surface area contributed by atoms with Crippen LogP contribution in [0.5, 0.6) is 5.75 Å². The first-order valence-corrected chi connectivity index (χ1v) is 7.55. The van der Waals surface area contributed by atoms with Gasteiger partial charge in [-0.3, -0.25) is 0 Å². The Morgan fingerprint density at radius 1 is 1.15 bits per heavy atom. The third-order valence-corrected chi connectivity index (χ3v) is 3.67. The predicted octanol–water partition coefficient (Wildman–Crippen LogP) is 4.43. The van der Waals surface area contributed by atoms with E-state index in [1.807, 2.05) is 25.1 Å². The molecule has 0 aliphatic heterocycles. The Morgan fingerprint density at radius 2 is 1.85 bits per heavy atom. The third-order valence-electron chi connectivity index (χ3n) is 3.18. The van der Waals surface area contributed by atoms with E-state index >= 15 is 0 Å². The number of aliphatic hydroxyl groups excluding tert-OH is 1. The van der Waals surface area contributed by atoms with Crippen LogP contribution in [-0.4, -0.2) is 11.7 Å². The quantitative estimate of drug-likeness (QED) is 0.876. The minimum atomic E-state index is -0.572. The van der Waals surface area contributed by atoms with Crippen molar-refractivity contribution in [2.75, 3.05) is 6.61 Å². The molecule has 106 valence electrons. The van der Waals surface area contributed by atoms with Crippen LogP contribution in [0.2, 0.25) is 0 Å². The fourth-order valence-electron chi connectivity index (χ4n) is 2.12. The normalized spacial score (nSPS) is 12.2. The van der Waals surface area contributed by atoms with Gasteiger partial charge >= 0.3 is 0 Å². The van der Waals surface area contributed by atoms with E-state index in [1.165, 1.54) is 5.56 Å². The van der Waals surface area contributed by atoms with Gasteiger partial charge in [0.05, 0.1) is 12.7 Å². The maximum atomic E-state index is 10.5. The molecule has 1 unspecified atom stereocenters. The summed E-state index contributed by atoms with van der Waals surface area (Å²) in [5.41, 5.74) is 3.16. The van der Waals surface area contributed by atoms with E-state index in [1.54, 1.807) is 0 Å². The monoisotopic (exact) mass is 334 g/mol. The lowest BCUT2D eigenvalue weighted by molar-refractivity contribution is 0.172. The third kappa shape index (κ3) is 3.84. The van der Waals surface area contributed by atoms with Gasteiger partial charge in [-0.25, -0.2) is 0 Å². The zero-order chi connectivity index (χ0) is 14.5. The van der Waals surface area contributed by atoms with Crippen molar-refractivity contribution in [2.24, 2.45) is 0 Å². The highest BCUT2D eigenvalue weighted by Crippen LogP contribution is 2.30. The highest BCUT2D eigenvalue weighted by molar-refractivity contribution is 9.10. The molecule has 0 spiro atoms. The van der Waals surface area contributed by atoms with Gasteiger partial charge in [-0.2, -0.15) is 0 Å². The Morgan fingerprint density at radius 3 is 2.50 bits per heavy atom. The Labute approximate surface area is 128 Å². The molecule has 0 bridgehead atoms. The summed E-state index contributed by atoms with van der Waals surface area (Å²) in [6.45, 7) is 4.59. The molecule has 0 fully saturated rings. The lowest BCUT2D eigenvalue weighted by Crippen LogP contribution is -2.05. The Kier molecular flexibility index (Phi) is 5.21. The highest BCUT2D eigenvalue weighted by atomic mass is 79.9. The first-order valence-electron chi connectivity index (χ1n) is 6.76. The lowest BCUT2D eigenvalue weighted by atomic mass is 10.00. The highest BCUT2D eigenvalue weighted by Gasteiger charge is 2.14. The summed E-state index contributed by atoms with van der Waals surface area (Å²) in [5, 5.41) is 10.5. The molecule has 2 rings (SSSR count). The molecule has 0 aliphatic rings. The van der Waals surface area contributed by atoms with Gasteiger partial charge in [0.25, 0.3) is 0 Å². The SMILES string of the molecule is CCOc1ccc(Br)cc1C(O)Cc1ccc(C)cc1. The van der Waals surface area contributed by atoms with Crippen LogP contribution in [0.3, 0.4) is 0 Å². The summed E-state index contributed by atoms with van der Waals surface area (Å²) in [7, 11) is 0. The molecular formula is C17H19BrO2. The molecule has 1 atom stereocenters. The minimum absolute atomic E-state index is 0.572. The molecule has 1 N–H and O–H groups in total. The first kappa shape index (κ1) is 15.1. The lowest BCUT2D eigenvalue weighted by Gasteiger charge is -2.16. The molecule has 0 saturated carbocycles. The van der Waals surface area contributed by atoms with Crippen LogP contribution in [0.25, 0.3) is 0 Å². The maximum Gasteiger partial charge on any atom is 0.125 e. The standard InChI is InChI=1S/C17H19BrO2/c1-3-20-17-9-8-14(18)11-15(17)16(19)10-13-6-4-12(2)5-7-13/h4-9,11,16,19H,3,10H2,1-2H3. The van der Waals surface area contributed by atoms with Gasteiger partial charge in [0.2, 0.25) is 0 Å². The number of rotatable bonds is 5. The summed E-state index contributed by atoms with van der Waals surface area (Å²) in [5.74, 6) is 0.746. The van der Waals surface area contributed by atoms with Crippen LogP contribution in [0, 0.1) is 6.92 Å². The summed E-state index contributed by atoms with van der Waals surface area (Å²) in [6, 6.07) is 14.0. The van der Waals surface area contributed by atoms with E-state index < -0.39 is 6.10 Å². The second-order valence-corrected chi connectivity index (χ2v) is 5.74. The van der Waals surface area contributed by atoms with Crippen LogP contribution in [0.1, 0.15) is 29.7 Å². The van der Waals surface area contributed by atoms with Crippen molar-refractivity contribution in [2.45, 2.75) is 26.4 Å². The Bertz CT molecular complexity index is 564. The van der Waals surface area contributed by atoms with Gasteiger partial charge in [-0.05, 0) is 37.6 Å². The molecule has 0 amide bonds. The smallest absolute Gasteiger partial charge is 0.125 e. The van der Waals surface area contributed by atoms with Crippen molar-refractivity contribution in [3.8, 4) is 5.75 Å². The van der Waals surface area contributed by atoms with E-state index in [0.717, 1.165) is 21.3 Å². The number of hydrogen-bond donors (Lipinski definition) is 1. The average Bonchev–Trinajstić information content (AvgIpc) is 2.43. The van der Waals surface area contributed by atoms with Crippen molar-refractivity contribution in [3.63, 3.8) is 0 Å². The molecule has 20 heavy (non-hydrogen) atoms. The Hall–Kier alpha value is -1.32. The molecule has 2 nitrogen and oxygen atoms in total. The summed E-state index contributed by atoms with van der Waals surface area (Å²) in [4.78, 5) is 0. The molecule has 2 aromatic rings. The van der Waals surface area contributed by atoms with Crippen LogP contribution in [-0.2, 0) is 6.42 Å². The number of ether oxygens (including phenoxy) is 1. The fraction of sp³-hybridized carbons (Fsp3) is 0.294. The van der Waals surface area contributed by atoms with E-state index in [2.05, 4.69) is 47.1 Å². The van der Waals surface area contributed by atoms with Crippen molar-refractivity contribution >= 4 is 15.9 Å². The van der Waals surface area contributed by atoms with Crippen LogP contribution in [0.4, 0.5) is 0 Å². The predicted molar refractivity (Wildman–Crippen MR) is 85.2 cm³/mol. The van der Waals surface area contributed by atoms with E-state index in [-0.39, 0.29) is 0 Å². The summed E-state index contributed by atoms with van der Waals surface area (Å²) >= 11 is 3.44. The van der Waals surface area contributed by atoms with Crippen molar-refractivity contribution in [1.82, 2.24) is 0 Å². The topological polar surface area (TPSA) is 29.5 Å². The van der Waals surface area contributed by atoms with Gasteiger partial charge in [0.1, 0.15) is 5.75 Å². The van der Waals surface area contributed by atoms with Gasteiger partial charge in [-0.1, -0.05) is 45.8 Å². The van der Waals surface area contributed by atoms with Crippen molar-refractivity contribution in [1.29, 1.82) is 0 Å². The number of benzene rings is 2. The molecule has 0 aromatic heterocycles. The van der Waals surface area contributed by atoms with E-state index in [9.17, 15) is 5.11 Å². The van der Waals surface area contributed by atoms with E-state index in [0.29, 0.717) is 13.0 Å². The van der Waals surface area contributed by atoms with Crippen molar-refractivity contribution < 1.29 is 9.84 Å². The second-order valence-electron chi connectivity index (χ2n) is 4.82. The molecule has 3 heteroatoms. The number of halogens is 1. The number of aliphatic hydroxyl groups is 1. The van der Waals surface area contributed by atoms with Crippen molar-refractivity contribution in [3.05, 3.63) is 63.6 Å². The first-order chi connectivity index (χ1) is 9.60. The largest absolute Gasteiger partial charge is 0.493 e. The molecule has 0 saturated heterocycles. The van der Waals surface area contributed by atoms with Gasteiger partial charge in [0, 0.05) is 16.5 Å². The number of hydrogen-bond acceptors (Lipinski definition) is 2.